The van der Waals surface area contributed by atoms with Crippen molar-refractivity contribution in [1.82, 2.24) is 29.5 Å². The lowest BCUT2D eigenvalue weighted by Gasteiger charge is -2.30. The van der Waals surface area contributed by atoms with Gasteiger partial charge in [0.25, 0.3) is 0 Å². The second kappa shape index (κ2) is 9.05. The molecule has 2 saturated heterocycles. The number of carbonyl (C=O) groups is 1. The lowest BCUT2D eigenvalue weighted by atomic mass is 10.1. The van der Waals surface area contributed by atoms with Crippen molar-refractivity contribution >= 4 is 23.4 Å². The number of nitrogens with one attached hydrogen (secondary N) is 2. The molecule has 5 rings (SSSR count). The highest BCUT2D eigenvalue weighted by atomic mass is 16.2. The van der Waals surface area contributed by atoms with Crippen molar-refractivity contribution in [2.75, 3.05) is 50.4 Å². The molecule has 2 aromatic rings. The van der Waals surface area contributed by atoms with Crippen LogP contribution in [0.2, 0.25) is 0 Å². The Bertz CT molecular complexity index is 961. The summed E-state index contributed by atoms with van der Waals surface area (Å²) in [6, 6.07) is 0.453. The summed E-state index contributed by atoms with van der Waals surface area (Å²) in [5.41, 5.74) is 3.13. The van der Waals surface area contributed by atoms with Crippen LogP contribution in [0, 0.1) is 6.92 Å². The average Bonchev–Trinajstić information content (AvgIpc) is 3.56. The molecule has 1 amide bonds. The lowest BCUT2D eigenvalue weighted by molar-refractivity contribution is -0.139. The number of piperidine rings is 1. The largest absolute Gasteiger partial charge is 0.370 e. The molecule has 172 valence electrons. The van der Waals surface area contributed by atoms with E-state index in [0.717, 1.165) is 69.2 Å². The van der Waals surface area contributed by atoms with Gasteiger partial charge < -0.3 is 20.4 Å². The van der Waals surface area contributed by atoms with Crippen molar-refractivity contribution in [2.45, 2.75) is 57.4 Å². The van der Waals surface area contributed by atoms with E-state index in [1.54, 1.807) is 0 Å². The fraction of sp³-hybridized carbons (Fsp3) is 0.652. The van der Waals surface area contributed by atoms with Gasteiger partial charge in [-0.3, -0.25) is 9.48 Å². The minimum atomic E-state index is 0.272. The number of amides is 1. The predicted octanol–water partition coefficient (Wildman–Crippen LogP) is 2.90. The molecule has 1 saturated carbocycles. The van der Waals surface area contributed by atoms with Crippen molar-refractivity contribution in [1.29, 1.82) is 0 Å². The molecule has 4 heterocycles. The van der Waals surface area contributed by atoms with E-state index in [2.05, 4.69) is 38.4 Å². The topological polar surface area (TPSA) is 91.2 Å². The molecular formula is C23H34N8O. The monoisotopic (exact) mass is 438 g/mol. The maximum Gasteiger partial charge on any atom is 0.229 e. The second-order valence-corrected chi connectivity index (χ2v) is 9.45. The third-order valence-corrected chi connectivity index (χ3v) is 6.91. The SMILES string of the molecule is Cc1nn(C2CCN(C)CC2)cc1Nc1ncc(C2CC2)c(NCCCN2CCC2=O)n1. The Balaban J connectivity index is 1.23. The molecule has 1 aliphatic carbocycles. The molecule has 9 nitrogen and oxygen atoms in total. The van der Waals surface area contributed by atoms with Crippen LogP contribution in [0.3, 0.4) is 0 Å². The molecule has 0 atom stereocenters. The van der Waals surface area contributed by atoms with Crippen LogP contribution in [0.1, 0.15) is 61.7 Å². The average molecular weight is 439 g/mol. The number of carbonyl (C=O) groups excluding carboxylic acids is 1. The van der Waals surface area contributed by atoms with E-state index in [1.807, 2.05) is 18.0 Å². The number of β-lactam (4-membered cyclic amide) rings is 1. The van der Waals surface area contributed by atoms with Crippen LogP contribution >= 0.6 is 0 Å². The zero-order valence-corrected chi connectivity index (χ0v) is 19.2. The van der Waals surface area contributed by atoms with Crippen molar-refractivity contribution in [3.63, 3.8) is 0 Å². The normalized spacial score (nSPS) is 19.8. The molecule has 0 bridgehead atoms. The van der Waals surface area contributed by atoms with Crippen LogP contribution in [0.15, 0.2) is 12.4 Å². The maximum absolute atomic E-state index is 11.5. The molecule has 0 unspecified atom stereocenters. The van der Waals surface area contributed by atoms with E-state index in [0.29, 0.717) is 24.3 Å². The molecule has 9 heteroatoms. The third-order valence-electron chi connectivity index (χ3n) is 6.91. The lowest BCUT2D eigenvalue weighted by Crippen LogP contribution is -2.44. The summed E-state index contributed by atoms with van der Waals surface area (Å²) in [6.45, 7) is 6.77. The first-order chi connectivity index (χ1) is 15.6. The third kappa shape index (κ3) is 4.72. The quantitative estimate of drug-likeness (QED) is 0.459. The molecule has 2 aliphatic heterocycles. The molecule has 0 aromatic carbocycles. The van der Waals surface area contributed by atoms with E-state index in [9.17, 15) is 4.79 Å². The standard InChI is InChI=1S/C23H34N8O/c1-16-20(15-31(28-16)18-6-11-29(2)12-7-18)26-23-25-14-19(17-4-5-17)22(27-23)24-9-3-10-30-13-8-21(30)32/h14-15,17-18H,3-13H2,1-2H3,(H2,24,25,26,27). The van der Waals surface area contributed by atoms with Gasteiger partial charge in [-0.05, 0) is 65.1 Å². The Morgan fingerprint density at radius 2 is 1.97 bits per heavy atom. The van der Waals surface area contributed by atoms with E-state index in [-0.39, 0.29) is 5.91 Å². The van der Waals surface area contributed by atoms with Gasteiger partial charge in [0, 0.05) is 44.0 Å². The van der Waals surface area contributed by atoms with E-state index < -0.39 is 0 Å². The number of aryl methyl sites for hydroxylation is 1. The molecule has 0 spiro atoms. The minimum Gasteiger partial charge on any atom is -0.370 e. The Kier molecular flexibility index (Phi) is 5.99. The van der Waals surface area contributed by atoms with Crippen LogP contribution < -0.4 is 10.6 Å². The van der Waals surface area contributed by atoms with Gasteiger partial charge in [0.05, 0.1) is 17.4 Å². The zero-order valence-electron chi connectivity index (χ0n) is 19.2. The summed E-state index contributed by atoms with van der Waals surface area (Å²) in [6.07, 6.45) is 10.3. The minimum absolute atomic E-state index is 0.272. The van der Waals surface area contributed by atoms with E-state index >= 15 is 0 Å². The summed E-state index contributed by atoms with van der Waals surface area (Å²) in [4.78, 5) is 25.2. The summed E-state index contributed by atoms with van der Waals surface area (Å²) >= 11 is 0. The fourth-order valence-electron chi connectivity index (χ4n) is 4.53. The number of likely N-dealkylation sites (tertiary alicyclic amines) is 2. The number of nitrogens with zero attached hydrogens (tertiary/aromatic N) is 6. The summed E-state index contributed by atoms with van der Waals surface area (Å²) in [7, 11) is 2.18. The van der Waals surface area contributed by atoms with Crippen LogP contribution in [-0.4, -0.2) is 75.2 Å². The Morgan fingerprint density at radius 3 is 2.66 bits per heavy atom. The van der Waals surface area contributed by atoms with Gasteiger partial charge in [0.2, 0.25) is 11.9 Å². The molecule has 3 fully saturated rings. The first-order valence-corrected chi connectivity index (χ1v) is 12.0. The van der Waals surface area contributed by atoms with E-state index in [4.69, 9.17) is 10.1 Å². The Hall–Kier alpha value is -2.68. The number of anilines is 3. The first-order valence-electron chi connectivity index (χ1n) is 12.0. The summed E-state index contributed by atoms with van der Waals surface area (Å²) in [5.74, 6) is 2.35. The first kappa shape index (κ1) is 21.2. The van der Waals surface area contributed by atoms with Crippen LogP contribution in [0.25, 0.3) is 0 Å². The smallest absolute Gasteiger partial charge is 0.229 e. The van der Waals surface area contributed by atoms with E-state index in [1.165, 1.54) is 18.4 Å². The van der Waals surface area contributed by atoms with Crippen LogP contribution in [0.5, 0.6) is 0 Å². The highest BCUT2D eigenvalue weighted by molar-refractivity contribution is 5.81. The van der Waals surface area contributed by atoms with Gasteiger partial charge in [-0.2, -0.15) is 10.1 Å². The van der Waals surface area contributed by atoms with Gasteiger partial charge >= 0.3 is 0 Å². The predicted molar refractivity (Wildman–Crippen MR) is 124 cm³/mol. The molecule has 32 heavy (non-hydrogen) atoms. The Morgan fingerprint density at radius 1 is 1.16 bits per heavy atom. The zero-order chi connectivity index (χ0) is 22.1. The molecular weight excluding hydrogens is 404 g/mol. The van der Waals surface area contributed by atoms with Gasteiger partial charge in [0.15, 0.2) is 0 Å². The number of aromatic nitrogens is 4. The number of hydrogen-bond acceptors (Lipinski definition) is 7. The Labute approximate surface area is 189 Å². The van der Waals surface area contributed by atoms with Crippen molar-refractivity contribution < 1.29 is 4.79 Å². The summed E-state index contributed by atoms with van der Waals surface area (Å²) < 4.78 is 2.11. The second-order valence-electron chi connectivity index (χ2n) is 9.45. The number of rotatable bonds is 9. The van der Waals surface area contributed by atoms with Gasteiger partial charge in [-0.1, -0.05) is 0 Å². The van der Waals surface area contributed by atoms with Gasteiger partial charge in [-0.15, -0.1) is 0 Å². The maximum atomic E-state index is 11.5. The van der Waals surface area contributed by atoms with Crippen LogP contribution in [0.4, 0.5) is 17.5 Å². The highest BCUT2D eigenvalue weighted by Crippen LogP contribution is 2.43. The van der Waals surface area contributed by atoms with Gasteiger partial charge in [-0.25, -0.2) is 4.98 Å². The molecule has 0 radical (unpaired) electrons. The molecule has 2 aromatic heterocycles. The highest BCUT2D eigenvalue weighted by Gasteiger charge is 2.28. The van der Waals surface area contributed by atoms with Crippen molar-refractivity contribution in [3.05, 3.63) is 23.7 Å². The molecule has 2 N–H and O–H groups in total. The van der Waals surface area contributed by atoms with Crippen LogP contribution in [-0.2, 0) is 4.79 Å². The number of hydrogen-bond donors (Lipinski definition) is 2. The molecule has 3 aliphatic rings. The fourth-order valence-corrected chi connectivity index (χ4v) is 4.53. The summed E-state index contributed by atoms with van der Waals surface area (Å²) in [5, 5.41) is 11.7. The van der Waals surface area contributed by atoms with Gasteiger partial charge in [0.1, 0.15) is 5.82 Å². The van der Waals surface area contributed by atoms with Crippen molar-refractivity contribution in [3.8, 4) is 0 Å². The van der Waals surface area contributed by atoms with Crippen molar-refractivity contribution in [2.24, 2.45) is 0 Å².